The molecule has 0 spiro atoms. The van der Waals surface area contributed by atoms with Crippen molar-refractivity contribution in [3.8, 4) is 23.3 Å². The lowest BCUT2D eigenvalue weighted by atomic mass is 10.1. The summed E-state index contributed by atoms with van der Waals surface area (Å²) < 4.78 is 10.9. The minimum atomic E-state index is 0.00695. The summed E-state index contributed by atoms with van der Waals surface area (Å²) in [7, 11) is 1.52. The molecule has 4 nitrogen and oxygen atoms in total. The van der Waals surface area contributed by atoms with Crippen molar-refractivity contribution in [3.63, 3.8) is 0 Å². The Labute approximate surface area is 117 Å². The number of hydrogen-bond acceptors (Lipinski definition) is 4. The van der Waals surface area contributed by atoms with E-state index in [0.717, 1.165) is 0 Å². The predicted molar refractivity (Wildman–Crippen MR) is 74.2 cm³/mol. The molecule has 0 atom stereocenters. The third-order valence-corrected chi connectivity index (χ3v) is 2.78. The number of nitrogens with zero attached hydrogens (tertiary/aromatic N) is 1. The zero-order chi connectivity index (χ0) is 14.5. The SMILES string of the molecule is COc1cc(C#N)ccc1Oc1ccc(C(C)=O)cc1. The zero-order valence-electron chi connectivity index (χ0n) is 11.2. The van der Waals surface area contributed by atoms with Crippen molar-refractivity contribution >= 4 is 5.78 Å². The number of rotatable bonds is 4. The van der Waals surface area contributed by atoms with Gasteiger partial charge in [0.25, 0.3) is 0 Å². The summed E-state index contributed by atoms with van der Waals surface area (Å²) in [6.07, 6.45) is 0. The van der Waals surface area contributed by atoms with E-state index in [2.05, 4.69) is 0 Å². The molecule has 0 aliphatic carbocycles. The van der Waals surface area contributed by atoms with Gasteiger partial charge in [0.1, 0.15) is 5.75 Å². The molecule has 2 rings (SSSR count). The van der Waals surface area contributed by atoms with Gasteiger partial charge in [-0.1, -0.05) is 0 Å². The minimum absolute atomic E-state index is 0.00695. The van der Waals surface area contributed by atoms with Gasteiger partial charge in [-0.25, -0.2) is 0 Å². The van der Waals surface area contributed by atoms with Crippen LogP contribution in [-0.2, 0) is 0 Å². The first-order valence-corrected chi connectivity index (χ1v) is 6.01. The fourth-order valence-corrected chi connectivity index (χ4v) is 1.71. The molecule has 0 aliphatic rings. The first kappa shape index (κ1) is 13.6. The Morgan fingerprint density at radius 1 is 1.10 bits per heavy atom. The minimum Gasteiger partial charge on any atom is -0.493 e. The number of Topliss-reactive ketones (excluding diaryl/α,β-unsaturated/α-hetero) is 1. The summed E-state index contributed by atoms with van der Waals surface area (Å²) in [5, 5.41) is 8.84. The fourth-order valence-electron chi connectivity index (χ4n) is 1.71. The van der Waals surface area contributed by atoms with Crippen LogP contribution in [0.2, 0.25) is 0 Å². The Hall–Kier alpha value is -2.80. The van der Waals surface area contributed by atoms with Gasteiger partial charge in [-0.05, 0) is 43.3 Å². The van der Waals surface area contributed by atoms with Crippen molar-refractivity contribution in [1.29, 1.82) is 5.26 Å². The molecular formula is C16H13NO3. The van der Waals surface area contributed by atoms with Gasteiger partial charge in [0.15, 0.2) is 17.3 Å². The van der Waals surface area contributed by atoms with Gasteiger partial charge in [-0.15, -0.1) is 0 Å². The smallest absolute Gasteiger partial charge is 0.169 e. The van der Waals surface area contributed by atoms with E-state index in [-0.39, 0.29) is 5.78 Å². The van der Waals surface area contributed by atoms with Crippen LogP contribution in [-0.4, -0.2) is 12.9 Å². The van der Waals surface area contributed by atoms with Gasteiger partial charge < -0.3 is 9.47 Å². The quantitative estimate of drug-likeness (QED) is 0.795. The molecule has 0 heterocycles. The van der Waals surface area contributed by atoms with E-state index >= 15 is 0 Å². The van der Waals surface area contributed by atoms with Crippen molar-refractivity contribution in [2.45, 2.75) is 6.92 Å². The largest absolute Gasteiger partial charge is 0.493 e. The van der Waals surface area contributed by atoms with E-state index < -0.39 is 0 Å². The average Bonchev–Trinajstić information content (AvgIpc) is 2.48. The maximum absolute atomic E-state index is 11.2. The topological polar surface area (TPSA) is 59.3 Å². The molecular weight excluding hydrogens is 254 g/mol. The maximum Gasteiger partial charge on any atom is 0.169 e. The summed E-state index contributed by atoms with van der Waals surface area (Å²) in [4.78, 5) is 11.2. The third-order valence-electron chi connectivity index (χ3n) is 2.78. The number of carbonyl (C=O) groups is 1. The monoisotopic (exact) mass is 267 g/mol. The van der Waals surface area contributed by atoms with Crippen molar-refractivity contribution in [2.24, 2.45) is 0 Å². The van der Waals surface area contributed by atoms with E-state index in [1.54, 1.807) is 42.5 Å². The summed E-state index contributed by atoms with van der Waals surface area (Å²) in [6.45, 7) is 1.51. The van der Waals surface area contributed by atoms with Crippen LogP contribution < -0.4 is 9.47 Å². The standard InChI is InChI=1S/C16H13NO3/c1-11(18)13-4-6-14(7-5-13)20-15-8-3-12(10-17)9-16(15)19-2/h3-9H,1-2H3. The van der Waals surface area contributed by atoms with Crippen LogP contribution in [0.25, 0.3) is 0 Å². The number of nitriles is 1. The van der Waals surface area contributed by atoms with Gasteiger partial charge >= 0.3 is 0 Å². The zero-order valence-corrected chi connectivity index (χ0v) is 11.2. The Morgan fingerprint density at radius 3 is 2.35 bits per heavy atom. The maximum atomic E-state index is 11.2. The molecule has 0 aliphatic heterocycles. The molecule has 100 valence electrons. The molecule has 0 aromatic heterocycles. The Kier molecular flexibility index (Phi) is 4.02. The molecule has 0 fully saturated rings. The molecule has 0 N–H and O–H groups in total. The molecule has 0 saturated heterocycles. The van der Waals surface area contributed by atoms with Crippen molar-refractivity contribution in [1.82, 2.24) is 0 Å². The van der Waals surface area contributed by atoms with Crippen LogP contribution in [0.15, 0.2) is 42.5 Å². The van der Waals surface area contributed by atoms with Crippen LogP contribution in [0.3, 0.4) is 0 Å². The van der Waals surface area contributed by atoms with Gasteiger partial charge in [-0.2, -0.15) is 5.26 Å². The van der Waals surface area contributed by atoms with Crippen LogP contribution in [0.5, 0.6) is 17.2 Å². The van der Waals surface area contributed by atoms with Gasteiger partial charge in [0.05, 0.1) is 18.7 Å². The molecule has 0 amide bonds. The van der Waals surface area contributed by atoms with Gasteiger partial charge in [0.2, 0.25) is 0 Å². The highest BCUT2D eigenvalue weighted by molar-refractivity contribution is 5.94. The summed E-state index contributed by atoms with van der Waals surface area (Å²) in [5.74, 6) is 1.60. The lowest BCUT2D eigenvalue weighted by Crippen LogP contribution is -1.93. The van der Waals surface area contributed by atoms with Crippen molar-refractivity contribution in [2.75, 3.05) is 7.11 Å². The van der Waals surface area contributed by atoms with Crippen LogP contribution in [0.4, 0.5) is 0 Å². The van der Waals surface area contributed by atoms with Crippen LogP contribution >= 0.6 is 0 Å². The molecule has 20 heavy (non-hydrogen) atoms. The van der Waals surface area contributed by atoms with E-state index in [9.17, 15) is 4.79 Å². The normalized spacial score (nSPS) is 9.65. The van der Waals surface area contributed by atoms with Crippen molar-refractivity contribution in [3.05, 3.63) is 53.6 Å². The number of ketones is 1. The predicted octanol–water partition coefficient (Wildman–Crippen LogP) is 3.56. The Morgan fingerprint density at radius 2 is 1.80 bits per heavy atom. The van der Waals surface area contributed by atoms with Crippen molar-refractivity contribution < 1.29 is 14.3 Å². The molecule has 2 aromatic carbocycles. The first-order valence-electron chi connectivity index (χ1n) is 6.01. The second-order valence-corrected chi connectivity index (χ2v) is 4.16. The number of benzene rings is 2. The molecule has 2 aromatic rings. The highest BCUT2D eigenvalue weighted by atomic mass is 16.5. The lowest BCUT2D eigenvalue weighted by molar-refractivity contribution is 0.101. The van der Waals surface area contributed by atoms with E-state index in [0.29, 0.717) is 28.4 Å². The average molecular weight is 267 g/mol. The second-order valence-electron chi connectivity index (χ2n) is 4.16. The summed E-state index contributed by atoms with van der Waals surface area (Å²) >= 11 is 0. The number of methoxy groups -OCH3 is 1. The number of hydrogen-bond donors (Lipinski definition) is 0. The van der Waals surface area contributed by atoms with Gasteiger partial charge in [-0.3, -0.25) is 4.79 Å². The Balaban J connectivity index is 2.25. The number of ether oxygens (including phenoxy) is 2. The number of carbonyl (C=O) groups excluding carboxylic acids is 1. The molecule has 4 heteroatoms. The van der Waals surface area contributed by atoms with E-state index in [1.807, 2.05) is 6.07 Å². The van der Waals surface area contributed by atoms with Gasteiger partial charge in [0, 0.05) is 11.6 Å². The molecule has 0 unspecified atom stereocenters. The lowest BCUT2D eigenvalue weighted by Gasteiger charge is -2.10. The molecule has 0 bridgehead atoms. The third kappa shape index (κ3) is 2.96. The first-order chi connectivity index (χ1) is 9.63. The van der Waals surface area contributed by atoms with Crippen LogP contribution in [0.1, 0.15) is 22.8 Å². The fraction of sp³-hybridized carbons (Fsp3) is 0.125. The summed E-state index contributed by atoms with van der Waals surface area (Å²) in [5.41, 5.74) is 1.13. The highest BCUT2D eigenvalue weighted by Gasteiger charge is 2.07. The van der Waals surface area contributed by atoms with Crippen LogP contribution in [0, 0.1) is 11.3 Å². The second kappa shape index (κ2) is 5.89. The van der Waals surface area contributed by atoms with E-state index in [1.165, 1.54) is 14.0 Å². The highest BCUT2D eigenvalue weighted by Crippen LogP contribution is 2.32. The molecule has 0 radical (unpaired) electrons. The van der Waals surface area contributed by atoms with E-state index in [4.69, 9.17) is 14.7 Å². The Bertz CT molecular complexity index is 669. The summed E-state index contributed by atoms with van der Waals surface area (Å²) in [6, 6.07) is 13.8. The molecule has 0 saturated carbocycles.